The molecule has 26 heavy (non-hydrogen) atoms. The highest BCUT2D eigenvalue weighted by atomic mass is 19.3. The van der Waals surface area contributed by atoms with Crippen LogP contribution in [0.15, 0.2) is 35.5 Å². The molecule has 138 valence electrons. The number of anilines is 1. The molecule has 0 spiro atoms. The molecule has 0 fully saturated rings. The highest BCUT2D eigenvalue weighted by Crippen LogP contribution is 2.44. The summed E-state index contributed by atoms with van der Waals surface area (Å²) in [5, 5.41) is 6.44. The number of nitrogens with zero attached hydrogens (tertiary/aromatic N) is 3. The molecule has 1 aliphatic rings. The number of amidine groups is 1. The van der Waals surface area contributed by atoms with Gasteiger partial charge >= 0.3 is 5.92 Å². The van der Waals surface area contributed by atoms with E-state index in [-0.39, 0.29) is 11.4 Å². The van der Waals surface area contributed by atoms with E-state index >= 15 is 0 Å². The van der Waals surface area contributed by atoms with E-state index in [0.717, 1.165) is 19.1 Å². The number of ether oxygens (including phenoxy) is 1. The molecule has 1 aromatic heterocycles. The van der Waals surface area contributed by atoms with Crippen molar-refractivity contribution in [3.8, 4) is 0 Å². The molecule has 10 heteroatoms. The molecule has 0 bridgehead atoms. The third kappa shape index (κ3) is 2.98. The Morgan fingerprint density at radius 3 is 2.77 bits per heavy atom. The maximum absolute atomic E-state index is 14.4. The number of aromatic nitrogens is 2. The second-order valence-electron chi connectivity index (χ2n) is 6.04. The number of hydrogen-bond donors (Lipinski definition) is 2. The highest BCUT2D eigenvalue weighted by Gasteiger charge is 2.56. The van der Waals surface area contributed by atoms with Gasteiger partial charge in [-0.15, -0.1) is 0 Å². The van der Waals surface area contributed by atoms with Gasteiger partial charge in [0.05, 0.1) is 0 Å². The molecule has 2 aromatic rings. The number of hydrogen-bond acceptors (Lipinski definition) is 5. The molecule has 0 saturated heterocycles. The summed E-state index contributed by atoms with van der Waals surface area (Å²) in [4.78, 5) is 15.8. The topological polar surface area (TPSA) is 94.5 Å². The number of nitrogens with one attached hydrogen (secondary N) is 1. The summed E-state index contributed by atoms with van der Waals surface area (Å²) in [7, 11) is 1.64. The average molecular weight is 367 g/mol. The largest absolute Gasteiger partial charge is 0.459 e. The minimum Gasteiger partial charge on any atom is -0.459 e. The van der Waals surface area contributed by atoms with E-state index in [1.165, 1.54) is 16.8 Å². The van der Waals surface area contributed by atoms with Crippen LogP contribution in [0, 0.1) is 5.82 Å². The van der Waals surface area contributed by atoms with E-state index < -0.39 is 41.4 Å². The second kappa shape index (κ2) is 6.04. The number of carbonyl (C=O) groups excluding carboxylic acids is 1. The molecule has 7 nitrogen and oxygen atoms in total. The van der Waals surface area contributed by atoms with Crippen LogP contribution in [0.3, 0.4) is 0 Å². The molecule has 1 aromatic carbocycles. The van der Waals surface area contributed by atoms with Gasteiger partial charge in [0.25, 0.3) is 11.9 Å². The number of rotatable bonds is 3. The van der Waals surface area contributed by atoms with Gasteiger partial charge < -0.3 is 15.8 Å². The zero-order chi connectivity index (χ0) is 19.1. The van der Waals surface area contributed by atoms with Crippen molar-refractivity contribution in [1.29, 1.82) is 0 Å². The first-order valence-electron chi connectivity index (χ1n) is 7.59. The normalized spacial score (nSPS) is 21.7. The van der Waals surface area contributed by atoms with Crippen molar-refractivity contribution in [2.75, 3.05) is 11.9 Å². The van der Waals surface area contributed by atoms with E-state index in [0.29, 0.717) is 0 Å². The molecule has 3 N–H and O–H groups in total. The summed E-state index contributed by atoms with van der Waals surface area (Å²) in [6, 6.07) is 4.37. The predicted molar refractivity (Wildman–Crippen MR) is 87.4 cm³/mol. The number of amides is 1. The van der Waals surface area contributed by atoms with E-state index in [1.807, 2.05) is 0 Å². The zero-order valence-corrected chi connectivity index (χ0v) is 14.0. The Hall–Kier alpha value is -3.04. The van der Waals surface area contributed by atoms with Crippen LogP contribution in [0.1, 0.15) is 23.0 Å². The van der Waals surface area contributed by atoms with E-state index in [2.05, 4.69) is 20.1 Å². The summed E-state index contributed by atoms with van der Waals surface area (Å²) in [6.45, 7) is 0.0357. The SMILES string of the molecule is Cn1ccc(C(=O)Nc2ccc(F)c(C3(C)N=C(N)OCC3(F)F)c2)n1. The summed E-state index contributed by atoms with van der Waals surface area (Å²) in [6.07, 6.45) is 1.58. The van der Waals surface area contributed by atoms with Gasteiger partial charge in [-0.3, -0.25) is 9.48 Å². The van der Waals surface area contributed by atoms with E-state index in [4.69, 9.17) is 5.73 Å². The molecule has 0 radical (unpaired) electrons. The van der Waals surface area contributed by atoms with Gasteiger partial charge in [-0.1, -0.05) is 0 Å². The number of aliphatic imine (C=N–C) groups is 1. The smallest absolute Gasteiger partial charge is 0.310 e. The first kappa shape index (κ1) is 17.8. The fourth-order valence-corrected chi connectivity index (χ4v) is 2.60. The molecule has 2 heterocycles. The van der Waals surface area contributed by atoms with Crippen LogP contribution in [-0.2, 0) is 17.3 Å². The van der Waals surface area contributed by atoms with E-state index in [1.54, 1.807) is 13.2 Å². The molecule has 1 amide bonds. The summed E-state index contributed by atoms with van der Waals surface area (Å²) < 4.78 is 49.1. The first-order valence-corrected chi connectivity index (χ1v) is 7.59. The molecular weight excluding hydrogens is 351 g/mol. The molecule has 1 atom stereocenters. The minimum atomic E-state index is -3.50. The number of benzene rings is 1. The lowest BCUT2D eigenvalue weighted by atomic mass is 9.85. The van der Waals surface area contributed by atoms with Gasteiger partial charge in [0.2, 0.25) is 0 Å². The predicted octanol–water partition coefficient (Wildman–Crippen LogP) is 2.01. The lowest BCUT2D eigenvalue weighted by molar-refractivity contribution is -0.117. The Morgan fingerprint density at radius 2 is 2.12 bits per heavy atom. The Kier molecular flexibility index (Phi) is 4.13. The van der Waals surface area contributed by atoms with Gasteiger partial charge in [0, 0.05) is 24.5 Å². The first-order chi connectivity index (χ1) is 12.1. The van der Waals surface area contributed by atoms with Crippen molar-refractivity contribution in [3.63, 3.8) is 0 Å². The maximum atomic E-state index is 14.4. The van der Waals surface area contributed by atoms with Gasteiger partial charge in [0.15, 0.2) is 17.8 Å². The molecule has 0 saturated carbocycles. The van der Waals surface area contributed by atoms with Crippen molar-refractivity contribution in [1.82, 2.24) is 9.78 Å². The Labute approximate surface area is 146 Å². The Bertz CT molecular complexity index is 896. The Balaban J connectivity index is 1.98. The van der Waals surface area contributed by atoms with Crippen molar-refractivity contribution < 1.29 is 22.7 Å². The number of halogens is 3. The maximum Gasteiger partial charge on any atom is 0.310 e. The van der Waals surface area contributed by atoms with Gasteiger partial charge in [-0.2, -0.15) is 13.9 Å². The van der Waals surface area contributed by atoms with Crippen molar-refractivity contribution in [2.24, 2.45) is 17.8 Å². The van der Waals surface area contributed by atoms with Crippen LogP contribution >= 0.6 is 0 Å². The number of nitrogens with two attached hydrogens (primary N) is 1. The molecule has 1 aliphatic heterocycles. The standard InChI is InChI=1S/C16H16F3N5O2/c1-15(16(18,19)8-26-14(20)22-15)10-7-9(3-4-11(10)17)21-13(25)12-5-6-24(2)23-12/h3-7H,8H2,1-2H3,(H2,20,22)(H,21,25). The number of aryl methyl sites for hydroxylation is 1. The van der Waals surface area contributed by atoms with Gasteiger partial charge in [-0.05, 0) is 31.2 Å². The molecule has 1 unspecified atom stereocenters. The van der Waals surface area contributed by atoms with Crippen LogP contribution in [0.5, 0.6) is 0 Å². The van der Waals surface area contributed by atoms with Crippen LogP contribution in [0.2, 0.25) is 0 Å². The lowest BCUT2D eigenvalue weighted by Gasteiger charge is -2.37. The summed E-state index contributed by atoms with van der Waals surface area (Å²) in [5.74, 6) is -4.96. The molecule has 3 rings (SSSR count). The monoisotopic (exact) mass is 367 g/mol. The van der Waals surface area contributed by atoms with E-state index in [9.17, 15) is 18.0 Å². The van der Waals surface area contributed by atoms with Crippen LogP contribution in [0.25, 0.3) is 0 Å². The zero-order valence-electron chi connectivity index (χ0n) is 14.0. The summed E-state index contributed by atoms with van der Waals surface area (Å²) in [5.41, 5.74) is 2.97. The van der Waals surface area contributed by atoms with Crippen LogP contribution in [0.4, 0.5) is 18.9 Å². The number of carbonyl (C=O) groups is 1. The molecule has 0 aliphatic carbocycles. The fraction of sp³-hybridized carbons (Fsp3) is 0.312. The number of alkyl halides is 2. The average Bonchev–Trinajstić information content (AvgIpc) is 3.00. The highest BCUT2D eigenvalue weighted by molar-refractivity contribution is 6.02. The Morgan fingerprint density at radius 1 is 1.38 bits per heavy atom. The van der Waals surface area contributed by atoms with Crippen molar-refractivity contribution >= 4 is 17.6 Å². The van der Waals surface area contributed by atoms with Crippen LogP contribution in [-0.4, -0.2) is 34.2 Å². The van der Waals surface area contributed by atoms with Gasteiger partial charge in [-0.25, -0.2) is 9.38 Å². The van der Waals surface area contributed by atoms with Crippen molar-refractivity contribution in [2.45, 2.75) is 18.4 Å². The summed E-state index contributed by atoms with van der Waals surface area (Å²) >= 11 is 0. The quantitative estimate of drug-likeness (QED) is 0.868. The minimum absolute atomic E-state index is 0.120. The third-order valence-electron chi connectivity index (χ3n) is 4.14. The van der Waals surface area contributed by atoms with Crippen molar-refractivity contribution in [3.05, 3.63) is 47.5 Å². The van der Waals surface area contributed by atoms with Crippen LogP contribution < -0.4 is 11.1 Å². The third-order valence-corrected chi connectivity index (χ3v) is 4.14. The fourth-order valence-electron chi connectivity index (χ4n) is 2.60. The molecular formula is C16H16F3N5O2. The second-order valence-corrected chi connectivity index (χ2v) is 6.04. The lowest BCUT2D eigenvalue weighted by Crippen LogP contribution is -2.51. The van der Waals surface area contributed by atoms with Gasteiger partial charge in [0.1, 0.15) is 5.82 Å².